The van der Waals surface area contributed by atoms with E-state index in [9.17, 15) is 4.79 Å². The Labute approximate surface area is 91.2 Å². The highest BCUT2D eigenvalue weighted by Crippen LogP contribution is 2.13. The molecule has 2 N–H and O–H groups in total. The standard InChI is InChI=1S/C9H11N5O2/c1-4-7(5(2)16-14-4)8(15)11-9-10-6(3)12-13-9/h1-3H3,(H2,10,11,12,13,15). The minimum absolute atomic E-state index is 0.238. The van der Waals surface area contributed by atoms with Crippen LogP contribution in [0.15, 0.2) is 4.52 Å². The van der Waals surface area contributed by atoms with Crippen molar-refractivity contribution in [3.63, 3.8) is 0 Å². The third-order valence-corrected chi connectivity index (χ3v) is 2.08. The number of anilines is 1. The van der Waals surface area contributed by atoms with Crippen molar-refractivity contribution in [2.45, 2.75) is 20.8 Å². The molecular weight excluding hydrogens is 210 g/mol. The number of nitrogens with one attached hydrogen (secondary N) is 2. The van der Waals surface area contributed by atoms with Gasteiger partial charge in [-0.3, -0.25) is 15.2 Å². The Kier molecular flexibility index (Phi) is 2.43. The van der Waals surface area contributed by atoms with Crippen LogP contribution in [0.4, 0.5) is 5.95 Å². The number of nitrogens with zero attached hydrogens (tertiary/aromatic N) is 3. The minimum Gasteiger partial charge on any atom is -0.361 e. The zero-order valence-electron chi connectivity index (χ0n) is 9.16. The molecule has 2 aromatic heterocycles. The number of aryl methyl sites for hydroxylation is 3. The summed E-state index contributed by atoms with van der Waals surface area (Å²) in [7, 11) is 0. The van der Waals surface area contributed by atoms with Crippen molar-refractivity contribution >= 4 is 11.9 Å². The van der Waals surface area contributed by atoms with Crippen LogP contribution in [-0.2, 0) is 0 Å². The summed E-state index contributed by atoms with van der Waals surface area (Å²) in [6, 6.07) is 0. The fraction of sp³-hybridized carbons (Fsp3) is 0.333. The van der Waals surface area contributed by atoms with Crippen LogP contribution < -0.4 is 5.32 Å². The van der Waals surface area contributed by atoms with E-state index in [1.807, 2.05) is 0 Å². The first-order chi connectivity index (χ1) is 7.58. The highest BCUT2D eigenvalue weighted by Gasteiger charge is 2.18. The van der Waals surface area contributed by atoms with Crippen LogP contribution in [0.1, 0.15) is 27.6 Å². The van der Waals surface area contributed by atoms with Gasteiger partial charge in [-0.2, -0.15) is 4.98 Å². The molecule has 0 aliphatic rings. The molecule has 2 heterocycles. The fourth-order valence-electron chi connectivity index (χ4n) is 1.37. The lowest BCUT2D eigenvalue weighted by Gasteiger charge is -1.98. The maximum atomic E-state index is 11.8. The van der Waals surface area contributed by atoms with Crippen molar-refractivity contribution in [2.24, 2.45) is 0 Å². The maximum Gasteiger partial charge on any atom is 0.263 e. The number of amides is 1. The summed E-state index contributed by atoms with van der Waals surface area (Å²) < 4.78 is 4.90. The molecule has 7 nitrogen and oxygen atoms in total. The Morgan fingerprint density at radius 3 is 2.62 bits per heavy atom. The molecule has 16 heavy (non-hydrogen) atoms. The molecule has 0 atom stereocenters. The molecule has 84 valence electrons. The number of carbonyl (C=O) groups excluding carboxylic acids is 1. The number of hydrogen-bond acceptors (Lipinski definition) is 5. The molecule has 0 unspecified atom stereocenters. The molecule has 1 amide bonds. The zero-order valence-corrected chi connectivity index (χ0v) is 9.16. The Bertz CT molecular complexity index is 508. The van der Waals surface area contributed by atoms with E-state index in [1.165, 1.54) is 0 Å². The number of carbonyl (C=O) groups is 1. The molecule has 2 aromatic rings. The highest BCUT2D eigenvalue weighted by molar-refractivity contribution is 6.04. The lowest BCUT2D eigenvalue weighted by Crippen LogP contribution is -2.14. The van der Waals surface area contributed by atoms with E-state index in [1.54, 1.807) is 20.8 Å². The van der Waals surface area contributed by atoms with Gasteiger partial charge in [0.05, 0.1) is 5.69 Å². The fourth-order valence-corrected chi connectivity index (χ4v) is 1.37. The Morgan fingerprint density at radius 1 is 1.38 bits per heavy atom. The molecule has 0 radical (unpaired) electrons. The molecule has 0 spiro atoms. The average Bonchev–Trinajstić information content (AvgIpc) is 2.74. The first-order valence-electron chi connectivity index (χ1n) is 4.71. The Balaban J connectivity index is 2.21. The van der Waals surface area contributed by atoms with E-state index in [2.05, 4.69) is 25.7 Å². The second kappa shape index (κ2) is 3.76. The van der Waals surface area contributed by atoms with E-state index >= 15 is 0 Å². The summed E-state index contributed by atoms with van der Waals surface area (Å²) in [5.41, 5.74) is 0.963. The average molecular weight is 221 g/mol. The zero-order chi connectivity index (χ0) is 11.7. The van der Waals surface area contributed by atoms with Gasteiger partial charge in [0.2, 0.25) is 5.95 Å². The summed E-state index contributed by atoms with van der Waals surface area (Å²) in [6.45, 7) is 5.13. The molecule has 0 aliphatic carbocycles. The Morgan fingerprint density at radius 2 is 2.12 bits per heavy atom. The van der Waals surface area contributed by atoms with Crippen LogP contribution in [-0.4, -0.2) is 26.2 Å². The van der Waals surface area contributed by atoms with Gasteiger partial charge in [-0.05, 0) is 20.8 Å². The summed E-state index contributed by atoms with van der Waals surface area (Å²) in [4.78, 5) is 15.8. The van der Waals surface area contributed by atoms with Crippen LogP contribution in [0.5, 0.6) is 0 Å². The Hall–Kier alpha value is -2.18. The van der Waals surface area contributed by atoms with Gasteiger partial charge < -0.3 is 4.52 Å². The van der Waals surface area contributed by atoms with Gasteiger partial charge in [0.1, 0.15) is 17.1 Å². The van der Waals surface area contributed by atoms with Crippen LogP contribution in [0.25, 0.3) is 0 Å². The predicted octanol–water partition coefficient (Wildman–Crippen LogP) is 0.970. The van der Waals surface area contributed by atoms with Crippen molar-refractivity contribution in [1.29, 1.82) is 0 Å². The monoisotopic (exact) mass is 221 g/mol. The van der Waals surface area contributed by atoms with Gasteiger partial charge in [-0.25, -0.2) is 0 Å². The van der Waals surface area contributed by atoms with Crippen molar-refractivity contribution < 1.29 is 9.32 Å². The van der Waals surface area contributed by atoms with Crippen LogP contribution in [0.2, 0.25) is 0 Å². The van der Waals surface area contributed by atoms with Gasteiger partial charge in [-0.1, -0.05) is 5.16 Å². The van der Waals surface area contributed by atoms with Gasteiger partial charge in [0, 0.05) is 0 Å². The molecule has 0 aromatic carbocycles. The van der Waals surface area contributed by atoms with Crippen LogP contribution >= 0.6 is 0 Å². The van der Waals surface area contributed by atoms with Gasteiger partial charge in [0.15, 0.2) is 0 Å². The van der Waals surface area contributed by atoms with Gasteiger partial charge in [0.25, 0.3) is 5.91 Å². The van der Waals surface area contributed by atoms with E-state index in [-0.39, 0.29) is 11.9 Å². The van der Waals surface area contributed by atoms with Crippen molar-refractivity contribution in [1.82, 2.24) is 20.3 Å². The van der Waals surface area contributed by atoms with Crippen LogP contribution in [0.3, 0.4) is 0 Å². The van der Waals surface area contributed by atoms with Crippen molar-refractivity contribution in [2.75, 3.05) is 5.32 Å². The molecule has 0 saturated carbocycles. The lowest BCUT2D eigenvalue weighted by atomic mass is 10.2. The van der Waals surface area contributed by atoms with E-state index in [0.717, 1.165) is 0 Å². The van der Waals surface area contributed by atoms with E-state index < -0.39 is 0 Å². The number of aromatic nitrogens is 4. The maximum absolute atomic E-state index is 11.8. The quantitative estimate of drug-likeness (QED) is 0.787. The van der Waals surface area contributed by atoms with Crippen LogP contribution in [0, 0.1) is 20.8 Å². The van der Waals surface area contributed by atoms with E-state index in [4.69, 9.17) is 4.52 Å². The minimum atomic E-state index is -0.324. The second-order valence-electron chi connectivity index (χ2n) is 3.40. The number of H-pyrrole nitrogens is 1. The number of rotatable bonds is 2. The third-order valence-electron chi connectivity index (χ3n) is 2.08. The molecular formula is C9H11N5O2. The molecule has 0 saturated heterocycles. The lowest BCUT2D eigenvalue weighted by molar-refractivity contribution is 0.102. The summed E-state index contributed by atoms with van der Waals surface area (Å²) in [6.07, 6.45) is 0. The molecule has 2 rings (SSSR count). The number of hydrogen-bond donors (Lipinski definition) is 2. The number of aromatic amines is 1. The third kappa shape index (κ3) is 1.79. The molecule has 0 fully saturated rings. The smallest absolute Gasteiger partial charge is 0.263 e. The topological polar surface area (TPSA) is 96.7 Å². The normalized spacial score (nSPS) is 10.4. The largest absolute Gasteiger partial charge is 0.361 e. The van der Waals surface area contributed by atoms with Gasteiger partial charge in [-0.15, -0.1) is 5.10 Å². The first-order valence-corrected chi connectivity index (χ1v) is 4.71. The second-order valence-corrected chi connectivity index (χ2v) is 3.40. The first kappa shape index (κ1) is 10.3. The predicted molar refractivity (Wildman–Crippen MR) is 55.0 cm³/mol. The van der Waals surface area contributed by atoms with Gasteiger partial charge >= 0.3 is 0 Å². The summed E-state index contributed by atoms with van der Waals surface area (Å²) in [5.74, 6) is 1.02. The summed E-state index contributed by atoms with van der Waals surface area (Å²) in [5, 5.41) is 12.7. The van der Waals surface area contributed by atoms with Crippen molar-refractivity contribution in [3.8, 4) is 0 Å². The molecule has 0 bridgehead atoms. The SMILES string of the molecule is Cc1nc(NC(=O)c2c(C)noc2C)n[nH]1. The molecule has 0 aliphatic heterocycles. The summed E-state index contributed by atoms with van der Waals surface area (Å²) >= 11 is 0. The molecule has 7 heteroatoms. The van der Waals surface area contributed by atoms with Crippen molar-refractivity contribution in [3.05, 3.63) is 22.8 Å². The van der Waals surface area contributed by atoms with E-state index in [0.29, 0.717) is 22.8 Å². The highest BCUT2D eigenvalue weighted by atomic mass is 16.5.